The van der Waals surface area contributed by atoms with Gasteiger partial charge in [0.25, 0.3) is 18.2 Å². The first kappa shape index (κ1) is 33.7. The molecule has 2 aliphatic rings. The van der Waals surface area contributed by atoms with Gasteiger partial charge in [-0.1, -0.05) is 26.0 Å². The van der Waals surface area contributed by atoms with Gasteiger partial charge >= 0.3 is 0 Å². The lowest BCUT2D eigenvalue weighted by Gasteiger charge is -2.37. The van der Waals surface area contributed by atoms with Gasteiger partial charge in [0, 0.05) is 19.6 Å². The monoisotopic (exact) mass is 652 g/mol. The summed E-state index contributed by atoms with van der Waals surface area (Å²) in [4.78, 5) is 35.5. The van der Waals surface area contributed by atoms with Crippen LogP contribution in [0.15, 0.2) is 42.0 Å². The lowest BCUT2D eigenvalue weighted by Crippen LogP contribution is -2.41. The molecule has 0 saturated carbocycles. The number of amides is 2. The van der Waals surface area contributed by atoms with Crippen molar-refractivity contribution < 1.29 is 23.5 Å². The molecule has 1 atom stereocenters. The van der Waals surface area contributed by atoms with Gasteiger partial charge < -0.3 is 14.6 Å². The van der Waals surface area contributed by atoms with E-state index >= 15 is 0 Å². The van der Waals surface area contributed by atoms with E-state index in [9.17, 15) is 28.7 Å². The average Bonchev–Trinajstić information content (AvgIpc) is 3.75. The fourth-order valence-electron chi connectivity index (χ4n) is 6.51. The van der Waals surface area contributed by atoms with Crippen molar-refractivity contribution in [3.05, 3.63) is 57.3 Å². The standard InChI is InChI=1S/C34H42F2N6O3S/c1-21(2)16-23(18-37)32(44)41-13-5-6-25(41)20-42-27-8-7-22(19-40-14-11-24(12-15-40)34(3,4)45)17-26(27)38-33(42)39-31(43)29-10-9-28(46-29)30(35)36/h7-10,16-17,21,24-25,30,45H,5-6,11-15,19-20H2,1-4H3,(H,38,39,43)/t25-/m1/s1. The highest BCUT2D eigenvalue weighted by atomic mass is 32.1. The lowest BCUT2D eigenvalue weighted by atomic mass is 9.83. The third kappa shape index (κ3) is 7.65. The molecule has 2 N–H and O–H groups in total. The summed E-state index contributed by atoms with van der Waals surface area (Å²) in [6, 6.07) is 10.5. The highest BCUT2D eigenvalue weighted by Gasteiger charge is 2.33. The highest BCUT2D eigenvalue weighted by molar-refractivity contribution is 7.14. The number of aliphatic hydroxyl groups is 1. The normalized spacial score (nSPS) is 18.6. The summed E-state index contributed by atoms with van der Waals surface area (Å²) in [5, 5.41) is 22.9. The van der Waals surface area contributed by atoms with Crippen molar-refractivity contribution in [2.45, 2.75) is 84.5 Å². The molecule has 2 aliphatic heterocycles. The first-order valence-corrected chi connectivity index (χ1v) is 16.7. The number of nitriles is 1. The largest absolute Gasteiger partial charge is 0.390 e. The van der Waals surface area contributed by atoms with Crippen LogP contribution < -0.4 is 5.32 Å². The number of benzene rings is 1. The molecule has 9 nitrogen and oxygen atoms in total. The summed E-state index contributed by atoms with van der Waals surface area (Å²) in [6.07, 6.45) is 2.36. The van der Waals surface area contributed by atoms with Crippen LogP contribution in [0.3, 0.4) is 0 Å². The Hall–Kier alpha value is -3.66. The lowest BCUT2D eigenvalue weighted by molar-refractivity contribution is -0.127. The Labute approximate surface area is 272 Å². The number of imidazole rings is 1. The summed E-state index contributed by atoms with van der Waals surface area (Å²) in [7, 11) is 0. The van der Waals surface area contributed by atoms with E-state index < -0.39 is 17.9 Å². The molecular weight excluding hydrogens is 610 g/mol. The first-order chi connectivity index (χ1) is 21.8. The van der Waals surface area contributed by atoms with E-state index in [2.05, 4.69) is 16.3 Å². The van der Waals surface area contributed by atoms with Crippen LogP contribution in [0.25, 0.3) is 11.0 Å². The molecule has 12 heteroatoms. The second-order valence-electron chi connectivity index (χ2n) is 13.3. The van der Waals surface area contributed by atoms with E-state index in [1.54, 1.807) is 11.0 Å². The van der Waals surface area contributed by atoms with Crippen LogP contribution in [0, 0.1) is 23.2 Å². The number of piperidine rings is 1. The number of fused-ring (bicyclic) bond motifs is 1. The van der Waals surface area contributed by atoms with Gasteiger partial charge in [0.2, 0.25) is 5.95 Å². The molecule has 5 rings (SSSR count). The Morgan fingerprint density at radius 1 is 1.17 bits per heavy atom. The SMILES string of the molecule is CC(C)C=C(C#N)C(=O)N1CCC[C@@H]1Cn1c(NC(=O)c2ccc(C(F)F)s2)nc2cc(CN3CCC(C(C)(C)O)CC3)ccc21. The number of alkyl halides is 2. The Morgan fingerprint density at radius 3 is 2.54 bits per heavy atom. The van der Waals surface area contributed by atoms with Gasteiger partial charge in [0.1, 0.15) is 11.6 Å². The Balaban J connectivity index is 1.42. The number of rotatable bonds is 10. The van der Waals surface area contributed by atoms with Crippen molar-refractivity contribution in [3.63, 3.8) is 0 Å². The smallest absolute Gasteiger partial charge is 0.272 e. The molecule has 0 spiro atoms. The molecule has 3 aromatic rings. The minimum absolute atomic E-state index is 0.0454. The van der Waals surface area contributed by atoms with Crippen molar-refractivity contribution in [2.24, 2.45) is 11.8 Å². The van der Waals surface area contributed by atoms with Gasteiger partial charge in [-0.25, -0.2) is 13.8 Å². The van der Waals surface area contributed by atoms with E-state index in [-0.39, 0.29) is 45.1 Å². The number of carbonyl (C=O) groups is 2. The third-order valence-electron chi connectivity index (χ3n) is 8.98. The Morgan fingerprint density at radius 2 is 1.91 bits per heavy atom. The molecule has 246 valence electrons. The molecule has 0 bridgehead atoms. The second kappa shape index (κ2) is 14.0. The number of likely N-dealkylation sites (tertiary alicyclic amines) is 2. The number of nitrogens with one attached hydrogen (secondary N) is 1. The van der Waals surface area contributed by atoms with Crippen molar-refractivity contribution in [1.29, 1.82) is 5.26 Å². The summed E-state index contributed by atoms with van der Waals surface area (Å²) in [5.41, 5.74) is 1.94. The predicted molar refractivity (Wildman–Crippen MR) is 175 cm³/mol. The fraction of sp³-hybridized carbons (Fsp3) is 0.529. The van der Waals surface area contributed by atoms with Gasteiger partial charge in [0.05, 0.1) is 32.4 Å². The van der Waals surface area contributed by atoms with Crippen LogP contribution in [-0.2, 0) is 17.9 Å². The van der Waals surface area contributed by atoms with E-state index in [4.69, 9.17) is 4.98 Å². The van der Waals surface area contributed by atoms with Gasteiger partial charge in [0.15, 0.2) is 0 Å². The molecule has 0 unspecified atom stereocenters. The van der Waals surface area contributed by atoms with Gasteiger partial charge in [-0.15, -0.1) is 11.3 Å². The number of halogens is 2. The molecule has 2 aromatic heterocycles. The van der Waals surface area contributed by atoms with Gasteiger partial charge in [-0.3, -0.25) is 19.8 Å². The number of anilines is 1. The van der Waals surface area contributed by atoms with E-state index in [1.807, 2.05) is 50.5 Å². The zero-order valence-electron chi connectivity index (χ0n) is 26.8. The minimum Gasteiger partial charge on any atom is -0.390 e. The molecule has 4 heterocycles. The Kier molecular flexibility index (Phi) is 10.2. The zero-order chi connectivity index (χ0) is 33.2. The van der Waals surface area contributed by atoms with Crippen LogP contribution >= 0.6 is 11.3 Å². The fourth-order valence-corrected chi connectivity index (χ4v) is 7.27. The zero-order valence-corrected chi connectivity index (χ0v) is 27.6. The highest BCUT2D eigenvalue weighted by Crippen LogP contribution is 2.31. The first-order valence-electron chi connectivity index (χ1n) is 15.9. The quantitative estimate of drug-likeness (QED) is 0.194. The predicted octanol–water partition coefficient (Wildman–Crippen LogP) is 6.37. The maximum absolute atomic E-state index is 13.4. The van der Waals surface area contributed by atoms with Crippen LogP contribution in [0.2, 0.25) is 0 Å². The number of allylic oxidation sites excluding steroid dienone is 1. The number of hydrogen-bond donors (Lipinski definition) is 2. The maximum atomic E-state index is 13.4. The number of aromatic nitrogens is 2. The van der Waals surface area contributed by atoms with Crippen LogP contribution in [-0.4, -0.2) is 67.5 Å². The van der Waals surface area contributed by atoms with E-state index in [0.717, 1.165) is 67.7 Å². The summed E-state index contributed by atoms with van der Waals surface area (Å²) in [6.45, 7) is 10.9. The molecule has 1 aromatic carbocycles. The molecular formula is C34H42F2N6O3S. The topological polar surface area (TPSA) is 114 Å². The molecule has 0 aliphatic carbocycles. The van der Waals surface area contributed by atoms with Gasteiger partial charge in [-0.2, -0.15) is 5.26 Å². The van der Waals surface area contributed by atoms with E-state index in [1.165, 1.54) is 12.1 Å². The van der Waals surface area contributed by atoms with Gasteiger partial charge in [-0.05, 0) is 94.3 Å². The van der Waals surface area contributed by atoms with Crippen molar-refractivity contribution in [3.8, 4) is 6.07 Å². The number of hydrogen-bond acceptors (Lipinski definition) is 7. The Bertz CT molecular complexity index is 1640. The third-order valence-corrected chi connectivity index (χ3v) is 10.1. The molecule has 2 saturated heterocycles. The molecule has 2 amide bonds. The van der Waals surface area contributed by atoms with Crippen molar-refractivity contribution in [2.75, 3.05) is 25.0 Å². The molecule has 2 fully saturated rings. The number of carbonyl (C=O) groups excluding carboxylic acids is 2. The van der Waals surface area contributed by atoms with Crippen molar-refractivity contribution in [1.82, 2.24) is 19.4 Å². The van der Waals surface area contributed by atoms with Crippen molar-refractivity contribution >= 4 is 40.1 Å². The summed E-state index contributed by atoms with van der Waals surface area (Å²) >= 11 is 0.742. The molecule has 0 radical (unpaired) electrons. The number of nitrogens with zero attached hydrogens (tertiary/aromatic N) is 5. The van der Waals surface area contributed by atoms with Crippen LogP contribution in [0.5, 0.6) is 0 Å². The summed E-state index contributed by atoms with van der Waals surface area (Å²) < 4.78 is 28.3. The molecule has 46 heavy (non-hydrogen) atoms. The maximum Gasteiger partial charge on any atom is 0.272 e. The average molecular weight is 653 g/mol. The van der Waals surface area contributed by atoms with Crippen LogP contribution in [0.4, 0.5) is 14.7 Å². The van der Waals surface area contributed by atoms with E-state index in [0.29, 0.717) is 18.6 Å². The second-order valence-corrected chi connectivity index (χ2v) is 14.4. The minimum atomic E-state index is -2.66. The summed E-state index contributed by atoms with van der Waals surface area (Å²) in [5.74, 6) is -0.256. The van der Waals surface area contributed by atoms with Crippen LogP contribution in [0.1, 0.15) is 79.9 Å². The number of thiophene rings is 1.